The van der Waals surface area contributed by atoms with Crippen molar-refractivity contribution in [3.05, 3.63) is 29.3 Å². The molecule has 0 fully saturated rings. The van der Waals surface area contributed by atoms with E-state index in [1.807, 2.05) is 0 Å². The average molecular weight is 235 g/mol. The van der Waals surface area contributed by atoms with Gasteiger partial charge in [0.2, 0.25) is 0 Å². The van der Waals surface area contributed by atoms with Crippen molar-refractivity contribution in [1.29, 1.82) is 0 Å². The molecule has 0 radical (unpaired) electrons. The molecule has 0 aliphatic heterocycles. The zero-order valence-electron chi connectivity index (χ0n) is 11.8. The van der Waals surface area contributed by atoms with Gasteiger partial charge in [0.1, 0.15) is 12.4 Å². The van der Waals surface area contributed by atoms with Crippen LogP contribution < -0.4 is 10.1 Å². The molecule has 0 aliphatic rings. The van der Waals surface area contributed by atoms with Crippen LogP contribution in [-0.2, 0) is 0 Å². The third-order valence-electron chi connectivity index (χ3n) is 3.18. The van der Waals surface area contributed by atoms with Gasteiger partial charge in [-0.25, -0.2) is 0 Å². The molecule has 0 unspecified atom stereocenters. The quantitative estimate of drug-likeness (QED) is 0.762. The Morgan fingerprint density at radius 3 is 2.53 bits per heavy atom. The van der Waals surface area contributed by atoms with E-state index in [9.17, 15) is 0 Å². The lowest BCUT2D eigenvalue weighted by atomic mass is 10.0. The zero-order valence-corrected chi connectivity index (χ0v) is 11.8. The Morgan fingerprint density at radius 2 is 1.94 bits per heavy atom. The first-order chi connectivity index (χ1) is 7.94. The summed E-state index contributed by atoms with van der Waals surface area (Å²) >= 11 is 0. The maximum Gasteiger partial charge on any atom is 0.122 e. The minimum atomic E-state index is 0.200. The number of nitrogens with one attached hydrogen (secondary N) is 1. The Balaban J connectivity index is 2.36. The Bertz CT molecular complexity index is 358. The van der Waals surface area contributed by atoms with E-state index >= 15 is 0 Å². The van der Waals surface area contributed by atoms with Crippen LogP contribution in [0.1, 0.15) is 38.3 Å². The summed E-state index contributed by atoms with van der Waals surface area (Å²) in [6.07, 6.45) is 1.12. The van der Waals surface area contributed by atoms with Gasteiger partial charge in [0, 0.05) is 12.1 Å². The van der Waals surface area contributed by atoms with Gasteiger partial charge in [-0.15, -0.1) is 0 Å². The summed E-state index contributed by atoms with van der Waals surface area (Å²) in [4.78, 5) is 0. The van der Waals surface area contributed by atoms with E-state index in [1.165, 1.54) is 11.1 Å². The minimum absolute atomic E-state index is 0.200. The largest absolute Gasteiger partial charge is 0.492 e. The van der Waals surface area contributed by atoms with Gasteiger partial charge in [0.15, 0.2) is 0 Å². The van der Waals surface area contributed by atoms with Crippen LogP contribution in [-0.4, -0.2) is 18.7 Å². The first-order valence-corrected chi connectivity index (χ1v) is 6.40. The summed E-state index contributed by atoms with van der Waals surface area (Å²) in [6, 6.07) is 6.29. The van der Waals surface area contributed by atoms with Crippen molar-refractivity contribution in [1.82, 2.24) is 5.32 Å². The monoisotopic (exact) mass is 235 g/mol. The van der Waals surface area contributed by atoms with Gasteiger partial charge < -0.3 is 10.1 Å². The van der Waals surface area contributed by atoms with Crippen LogP contribution in [0.25, 0.3) is 0 Å². The van der Waals surface area contributed by atoms with Crippen LogP contribution in [0.5, 0.6) is 5.75 Å². The number of hydrogen-bond acceptors (Lipinski definition) is 2. The fourth-order valence-electron chi connectivity index (χ4n) is 1.64. The first kappa shape index (κ1) is 14.0. The van der Waals surface area contributed by atoms with Crippen molar-refractivity contribution >= 4 is 0 Å². The lowest BCUT2D eigenvalue weighted by Crippen LogP contribution is -2.40. The highest BCUT2D eigenvalue weighted by molar-refractivity contribution is 5.35. The molecule has 0 saturated carbocycles. The molecule has 17 heavy (non-hydrogen) atoms. The SMILES string of the molecule is CCC(C)(C)NCCOc1ccc(C)cc1C. The van der Waals surface area contributed by atoms with Gasteiger partial charge in [-0.1, -0.05) is 24.6 Å². The smallest absolute Gasteiger partial charge is 0.122 e. The highest BCUT2D eigenvalue weighted by Gasteiger charge is 2.12. The number of benzene rings is 1. The van der Waals surface area contributed by atoms with Crippen molar-refractivity contribution in [2.75, 3.05) is 13.2 Å². The van der Waals surface area contributed by atoms with E-state index in [1.54, 1.807) is 0 Å². The van der Waals surface area contributed by atoms with Gasteiger partial charge in [0.25, 0.3) is 0 Å². The third-order valence-corrected chi connectivity index (χ3v) is 3.18. The third kappa shape index (κ3) is 4.78. The lowest BCUT2D eigenvalue weighted by molar-refractivity contribution is 0.279. The molecule has 0 saturated heterocycles. The summed E-state index contributed by atoms with van der Waals surface area (Å²) in [5.74, 6) is 0.992. The van der Waals surface area contributed by atoms with Crippen LogP contribution in [0, 0.1) is 13.8 Å². The minimum Gasteiger partial charge on any atom is -0.492 e. The molecule has 0 heterocycles. The normalized spacial score (nSPS) is 11.6. The molecule has 1 rings (SSSR count). The predicted octanol–water partition coefficient (Wildman–Crippen LogP) is 3.46. The van der Waals surface area contributed by atoms with E-state index in [-0.39, 0.29) is 5.54 Å². The van der Waals surface area contributed by atoms with Gasteiger partial charge in [0.05, 0.1) is 0 Å². The highest BCUT2D eigenvalue weighted by Crippen LogP contribution is 2.18. The molecule has 2 heteroatoms. The molecule has 0 aromatic heterocycles. The van der Waals surface area contributed by atoms with Crippen LogP contribution in [0.15, 0.2) is 18.2 Å². The second kappa shape index (κ2) is 6.06. The van der Waals surface area contributed by atoms with Gasteiger partial charge in [-0.2, -0.15) is 0 Å². The standard InChI is InChI=1S/C15H25NO/c1-6-15(4,5)16-9-10-17-14-8-7-12(2)11-13(14)3/h7-8,11,16H,6,9-10H2,1-5H3. The molecule has 1 N–H and O–H groups in total. The molecule has 96 valence electrons. The van der Waals surface area contributed by atoms with E-state index < -0.39 is 0 Å². The van der Waals surface area contributed by atoms with E-state index in [4.69, 9.17) is 4.74 Å². The van der Waals surface area contributed by atoms with E-state index in [2.05, 4.69) is 58.1 Å². The van der Waals surface area contributed by atoms with Crippen LogP contribution in [0.2, 0.25) is 0 Å². The molecule has 0 spiro atoms. The van der Waals surface area contributed by atoms with Crippen molar-refractivity contribution < 1.29 is 4.74 Å². The number of hydrogen-bond donors (Lipinski definition) is 1. The number of ether oxygens (including phenoxy) is 1. The summed E-state index contributed by atoms with van der Waals surface area (Å²) in [5, 5.41) is 3.48. The second-order valence-electron chi connectivity index (χ2n) is 5.28. The lowest BCUT2D eigenvalue weighted by Gasteiger charge is -2.24. The van der Waals surface area contributed by atoms with Gasteiger partial charge in [-0.05, 0) is 45.7 Å². The van der Waals surface area contributed by atoms with Crippen molar-refractivity contribution in [3.8, 4) is 5.75 Å². The van der Waals surface area contributed by atoms with Gasteiger partial charge in [-0.3, -0.25) is 0 Å². The van der Waals surface area contributed by atoms with Crippen molar-refractivity contribution in [2.24, 2.45) is 0 Å². The van der Waals surface area contributed by atoms with E-state index in [0.29, 0.717) is 6.61 Å². The highest BCUT2D eigenvalue weighted by atomic mass is 16.5. The summed E-state index contributed by atoms with van der Waals surface area (Å²) in [7, 11) is 0. The number of rotatable bonds is 6. The Labute approximate surface area is 105 Å². The fraction of sp³-hybridized carbons (Fsp3) is 0.600. The number of aryl methyl sites for hydroxylation is 2. The summed E-state index contributed by atoms with van der Waals surface area (Å²) in [6.45, 7) is 12.4. The maximum atomic E-state index is 5.77. The topological polar surface area (TPSA) is 21.3 Å². The van der Waals surface area contributed by atoms with Gasteiger partial charge >= 0.3 is 0 Å². The van der Waals surface area contributed by atoms with Crippen molar-refractivity contribution in [3.63, 3.8) is 0 Å². The maximum absolute atomic E-state index is 5.77. The molecular weight excluding hydrogens is 210 g/mol. The first-order valence-electron chi connectivity index (χ1n) is 6.40. The molecule has 0 bridgehead atoms. The molecule has 0 amide bonds. The molecule has 1 aromatic rings. The Morgan fingerprint density at radius 1 is 1.24 bits per heavy atom. The van der Waals surface area contributed by atoms with Crippen LogP contribution in [0.3, 0.4) is 0 Å². The molecular formula is C15H25NO. The Kier molecular flexibility index (Phi) is 5.01. The van der Waals surface area contributed by atoms with E-state index in [0.717, 1.165) is 18.7 Å². The molecule has 1 aromatic carbocycles. The average Bonchev–Trinajstić information content (AvgIpc) is 2.27. The molecule has 2 nitrogen and oxygen atoms in total. The zero-order chi connectivity index (χ0) is 12.9. The van der Waals surface area contributed by atoms with Crippen molar-refractivity contribution in [2.45, 2.75) is 46.6 Å². The van der Waals surface area contributed by atoms with Crippen LogP contribution in [0.4, 0.5) is 0 Å². The molecule has 0 atom stereocenters. The fourth-order valence-corrected chi connectivity index (χ4v) is 1.64. The Hall–Kier alpha value is -1.02. The summed E-state index contributed by atoms with van der Waals surface area (Å²) < 4.78 is 5.77. The second-order valence-corrected chi connectivity index (χ2v) is 5.28. The summed E-state index contributed by atoms with van der Waals surface area (Å²) in [5.41, 5.74) is 2.69. The predicted molar refractivity (Wildman–Crippen MR) is 73.8 cm³/mol. The van der Waals surface area contributed by atoms with Crippen LogP contribution >= 0.6 is 0 Å². The molecule has 0 aliphatic carbocycles.